The summed E-state index contributed by atoms with van der Waals surface area (Å²) in [5, 5.41) is 3.26. The van der Waals surface area contributed by atoms with E-state index in [2.05, 4.69) is 5.32 Å². The van der Waals surface area contributed by atoms with E-state index in [4.69, 9.17) is 11.6 Å². The minimum Gasteiger partial charge on any atom is -0.324 e. The van der Waals surface area contributed by atoms with Crippen LogP contribution in [0.1, 0.15) is 17.2 Å². The number of benzene rings is 2. The van der Waals surface area contributed by atoms with E-state index < -0.39 is 22.0 Å². The number of likely N-dealkylation sites (N-methyl/N-ethyl adjacent to an activating group) is 1. The second-order valence-electron chi connectivity index (χ2n) is 5.55. The molecule has 5 nitrogen and oxygen atoms in total. The van der Waals surface area contributed by atoms with Gasteiger partial charge < -0.3 is 5.32 Å². The molecular weight excluding hydrogens is 348 g/mol. The first-order valence-electron chi connectivity index (χ1n) is 7.25. The number of hydrogen-bond acceptors (Lipinski definition) is 3. The lowest BCUT2D eigenvalue weighted by molar-refractivity contribution is -0.119. The Labute approximate surface area is 147 Å². The Morgan fingerprint density at radius 1 is 1.17 bits per heavy atom. The van der Waals surface area contributed by atoms with Crippen LogP contribution in [0.5, 0.6) is 0 Å². The molecule has 0 radical (unpaired) electrons. The predicted octanol–water partition coefficient (Wildman–Crippen LogP) is 3.22. The first-order valence-corrected chi connectivity index (χ1v) is 9.48. The van der Waals surface area contributed by atoms with E-state index in [1.54, 1.807) is 48.5 Å². The Morgan fingerprint density at radius 3 is 2.33 bits per heavy atom. The molecule has 0 aromatic heterocycles. The van der Waals surface area contributed by atoms with Gasteiger partial charge in [-0.2, -0.15) is 4.31 Å². The molecule has 1 unspecified atom stereocenters. The third kappa shape index (κ3) is 4.35. The van der Waals surface area contributed by atoms with Crippen molar-refractivity contribution in [2.45, 2.75) is 13.0 Å². The third-order valence-corrected chi connectivity index (χ3v) is 5.35. The molecule has 1 N–H and O–H groups in total. The fourth-order valence-electron chi connectivity index (χ4n) is 2.23. The van der Waals surface area contributed by atoms with Crippen molar-refractivity contribution in [2.24, 2.45) is 0 Å². The zero-order valence-electron chi connectivity index (χ0n) is 13.7. The molecule has 7 heteroatoms. The van der Waals surface area contributed by atoms with Gasteiger partial charge in [0.2, 0.25) is 15.9 Å². The lowest BCUT2D eigenvalue weighted by atomic mass is 10.1. The fourth-order valence-corrected chi connectivity index (χ4v) is 3.02. The highest BCUT2D eigenvalue weighted by atomic mass is 35.5. The van der Waals surface area contributed by atoms with Crippen molar-refractivity contribution in [3.8, 4) is 0 Å². The Balaban J connectivity index is 2.36. The topological polar surface area (TPSA) is 66.5 Å². The van der Waals surface area contributed by atoms with Gasteiger partial charge >= 0.3 is 0 Å². The van der Waals surface area contributed by atoms with Gasteiger partial charge in [0.05, 0.1) is 6.26 Å². The van der Waals surface area contributed by atoms with Crippen molar-refractivity contribution < 1.29 is 13.2 Å². The fraction of sp³-hybridized carbons (Fsp3) is 0.235. The molecule has 2 rings (SSSR count). The first kappa shape index (κ1) is 18.4. The molecule has 0 heterocycles. The van der Waals surface area contributed by atoms with Crippen molar-refractivity contribution in [2.75, 3.05) is 18.6 Å². The minimum absolute atomic E-state index is 0.450. The van der Waals surface area contributed by atoms with Crippen molar-refractivity contribution in [1.82, 2.24) is 4.31 Å². The molecule has 0 aliphatic carbocycles. The number of aryl methyl sites for hydroxylation is 1. The lowest BCUT2D eigenvalue weighted by Gasteiger charge is -2.25. The summed E-state index contributed by atoms with van der Waals surface area (Å²) in [6.45, 7) is 1.86. The van der Waals surface area contributed by atoms with Crippen molar-refractivity contribution in [3.05, 3.63) is 64.7 Å². The second kappa shape index (κ2) is 7.34. The van der Waals surface area contributed by atoms with Crippen LogP contribution in [0.2, 0.25) is 5.02 Å². The monoisotopic (exact) mass is 366 g/mol. The van der Waals surface area contributed by atoms with Crippen LogP contribution >= 0.6 is 11.6 Å². The zero-order chi connectivity index (χ0) is 17.9. The molecule has 128 valence electrons. The molecule has 1 amide bonds. The Morgan fingerprint density at radius 2 is 1.79 bits per heavy atom. The lowest BCUT2D eigenvalue weighted by Crippen LogP contribution is -2.38. The van der Waals surface area contributed by atoms with Gasteiger partial charge in [-0.15, -0.1) is 0 Å². The molecule has 0 saturated heterocycles. The number of carbonyl (C=O) groups is 1. The molecule has 0 fully saturated rings. The van der Waals surface area contributed by atoms with E-state index in [0.717, 1.165) is 16.1 Å². The summed E-state index contributed by atoms with van der Waals surface area (Å²) in [5.74, 6) is -0.450. The van der Waals surface area contributed by atoms with Gasteiger partial charge in [-0.05, 0) is 30.2 Å². The predicted molar refractivity (Wildman–Crippen MR) is 96.6 cm³/mol. The molecular formula is C17H19ClN2O3S. The summed E-state index contributed by atoms with van der Waals surface area (Å²) in [6.07, 6.45) is 1.07. The second-order valence-corrected chi connectivity index (χ2v) is 7.99. The van der Waals surface area contributed by atoms with Gasteiger partial charge in [-0.25, -0.2) is 8.42 Å². The van der Waals surface area contributed by atoms with Crippen LogP contribution in [0.15, 0.2) is 48.5 Å². The van der Waals surface area contributed by atoms with E-state index in [-0.39, 0.29) is 0 Å². The molecule has 2 aromatic carbocycles. The normalized spacial score (nSPS) is 12.9. The van der Waals surface area contributed by atoms with Crippen molar-refractivity contribution in [3.63, 3.8) is 0 Å². The van der Waals surface area contributed by atoms with Crippen LogP contribution in [0, 0.1) is 6.92 Å². The molecule has 1 atom stereocenters. The highest BCUT2D eigenvalue weighted by Crippen LogP contribution is 2.25. The van der Waals surface area contributed by atoms with Crippen LogP contribution in [0.3, 0.4) is 0 Å². The smallest absolute Gasteiger partial charge is 0.247 e. The van der Waals surface area contributed by atoms with Crippen LogP contribution in [-0.2, 0) is 14.8 Å². The van der Waals surface area contributed by atoms with Gasteiger partial charge in [0, 0.05) is 17.8 Å². The van der Waals surface area contributed by atoms with E-state index in [0.29, 0.717) is 16.3 Å². The standard InChI is InChI=1S/C17H19ClN2O3S/c1-12-9-10-14(11-15(12)18)19-17(21)16(20(2)24(3,22)23)13-7-5-4-6-8-13/h4-11,16H,1-3H3,(H,19,21). The van der Waals surface area contributed by atoms with Gasteiger partial charge in [-0.1, -0.05) is 48.0 Å². The van der Waals surface area contributed by atoms with E-state index in [1.807, 2.05) is 6.92 Å². The molecule has 0 aliphatic heterocycles. The summed E-state index contributed by atoms with van der Waals surface area (Å²) >= 11 is 6.07. The maximum absolute atomic E-state index is 12.7. The summed E-state index contributed by atoms with van der Waals surface area (Å²) in [5.41, 5.74) is 1.99. The van der Waals surface area contributed by atoms with E-state index >= 15 is 0 Å². The van der Waals surface area contributed by atoms with Gasteiger partial charge in [0.15, 0.2) is 0 Å². The van der Waals surface area contributed by atoms with Crippen molar-refractivity contribution in [1.29, 1.82) is 0 Å². The summed E-state index contributed by atoms with van der Waals surface area (Å²) in [7, 11) is -2.17. The Kier molecular flexibility index (Phi) is 5.64. The molecule has 0 spiro atoms. The number of anilines is 1. The van der Waals surface area contributed by atoms with Crippen LogP contribution in [0.4, 0.5) is 5.69 Å². The molecule has 0 bridgehead atoms. The zero-order valence-corrected chi connectivity index (χ0v) is 15.2. The highest BCUT2D eigenvalue weighted by molar-refractivity contribution is 7.88. The first-order chi connectivity index (χ1) is 11.2. The van der Waals surface area contributed by atoms with Gasteiger partial charge in [0.1, 0.15) is 6.04 Å². The number of carbonyl (C=O) groups excluding carboxylic acids is 1. The number of nitrogens with one attached hydrogen (secondary N) is 1. The number of halogens is 1. The van der Waals surface area contributed by atoms with Crippen LogP contribution in [-0.4, -0.2) is 31.9 Å². The minimum atomic E-state index is -3.56. The summed E-state index contributed by atoms with van der Waals surface area (Å²) in [4.78, 5) is 12.7. The number of sulfonamides is 1. The molecule has 0 saturated carbocycles. The number of amides is 1. The maximum Gasteiger partial charge on any atom is 0.247 e. The molecule has 0 aliphatic rings. The van der Waals surface area contributed by atoms with Gasteiger partial charge in [-0.3, -0.25) is 4.79 Å². The Bertz CT molecular complexity index is 838. The van der Waals surface area contributed by atoms with Crippen LogP contribution in [0.25, 0.3) is 0 Å². The highest BCUT2D eigenvalue weighted by Gasteiger charge is 2.30. The average Bonchev–Trinajstić information content (AvgIpc) is 2.51. The summed E-state index contributed by atoms with van der Waals surface area (Å²) < 4.78 is 24.9. The third-order valence-electron chi connectivity index (χ3n) is 3.69. The number of hydrogen-bond donors (Lipinski definition) is 1. The maximum atomic E-state index is 12.7. The summed E-state index contributed by atoms with van der Waals surface area (Å²) in [6, 6.07) is 12.9. The average molecular weight is 367 g/mol. The van der Waals surface area contributed by atoms with E-state index in [9.17, 15) is 13.2 Å². The number of rotatable bonds is 5. The largest absolute Gasteiger partial charge is 0.324 e. The van der Waals surface area contributed by atoms with E-state index in [1.165, 1.54) is 7.05 Å². The SMILES string of the molecule is Cc1ccc(NC(=O)C(c2ccccc2)N(C)S(C)(=O)=O)cc1Cl. The van der Waals surface area contributed by atoms with Crippen LogP contribution < -0.4 is 5.32 Å². The van der Waals surface area contributed by atoms with Gasteiger partial charge in [0.25, 0.3) is 0 Å². The molecule has 2 aromatic rings. The Hall–Kier alpha value is -1.89. The number of nitrogens with zero attached hydrogens (tertiary/aromatic N) is 1. The quantitative estimate of drug-likeness (QED) is 0.883. The van der Waals surface area contributed by atoms with Crippen molar-refractivity contribution >= 4 is 33.2 Å². The molecule has 24 heavy (non-hydrogen) atoms.